The van der Waals surface area contributed by atoms with Crippen LogP contribution in [0.25, 0.3) is 0 Å². The fourth-order valence-electron chi connectivity index (χ4n) is 3.81. The second-order valence-electron chi connectivity index (χ2n) is 7.31. The van der Waals surface area contributed by atoms with E-state index in [1.165, 1.54) is 5.56 Å². The average molecular weight is 371 g/mol. The Hall–Kier alpha value is -3.11. The van der Waals surface area contributed by atoms with Crippen molar-refractivity contribution < 1.29 is 4.79 Å². The van der Waals surface area contributed by atoms with Gasteiger partial charge in [0, 0.05) is 30.2 Å². The van der Waals surface area contributed by atoms with Crippen LogP contribution in [0.1, 0.15) is 12.0 Å². The summed E-state index contributed by atoms with van der Waals surface area (Å²) in [5.41, 5.74) is 9.57. The van der Waals surface area contributed by atoms with E-state index < -0.39 is 0 Å². The molecular weight excluding hydrogens is 346 g/mol. The molecule has 1 fully saturated rings. The normalized spacial score (nSPS) is 16.8. The summed E-state index contributed by atoms with van der Waals surface area (Å²) >= 11 is 0. The molecule has 1 atom stereocenters. The van der Waals surface area contributed by atoms with Crippen LogP contribution in [0.2, 0.25) is 0 Å². The molecule has 3 aromatic rings. The van der Waals surface area contributed by atoms with Gasteiger partial charge in [0.15, 0.2) is 0 Å². The molecule has 0 aromatic heterocycles. The molecule has 0 bridgehead atoms. The molecule has 1 unspecified atom stereocenters. The highest BCUT2D eigenvalue weighted by Gasteiger charge is 2.32. The molecule has 1 saturated heterocycles. The van der Waals surface area contributed by atoms with Crippen molar-refractivity contribution in [2.24, 2.45) is 5.92 Å². The maximum absolute atomic E-state index is 13.5. The molecule has 0 spiro atoms. The van der Waals surface area contributed by atoms with Gasteiger partial charge in [-0.2, -0.15) is 0 Å². The number of benzene rings is 3. The maximum atomic E-state index is 13.5. The van der Waals surface area contributed by atoms with E-state index in [1.807, 2.05) is 65.6 Å². The van der Waals surface area contributed by atoms with E-state index >= 15 is 0 Å². The minimum Gasteiger partial charge on any atom is -0.399 e. The third-order valence-corrected chi connectivity index (χ3v) is 5.26. The van der Waals surface area contributed by atoms with E-state index in [9.17, 15) is 4.79 Å². The lowest BCUT2D eigenvalue weighted by Crippen LogP contribution is -2.34. The number of hydrogen-bond donors (Lipinski definition) is 1. The van der Waals surface area contributed by atoms with Crippen LogP contribution in [0.5, 0.6) is 0 Å². The van der Waals surface area contributed by atoms with Gasteiger partial charge in [0.05, 0.1) is 5.92 Å². The smallest absolute Gasteiger partial charge is 0.235 e. The van der Waals surface area contributed by atoms with Crippen LogP contribution >= 0.6 is 0 Å². The van der Waals surface area contributed by atoms with Gasteiger partial charge < -0.3 is 5.73 Å². The molecule has 2 N–H and O–H groups in total. The number of hydrogen-bond acceptors (Lipinski definition) is 3. The second-order valence-corrected chi connectivity index (χ2v) is 7.31. The largest absolute Gasteiger partial charge is 0.399 e. The molecule has 4 heteroatoms. The van der Waals surface area contributed by atoms with E-state index in [2.05, 4.69) is 29.2 Å². The van der Waals surface area contributed by atoms with Gasteiger partial charge in [-0.1, -0.05) is 48.5 Å². The topological polar surface area (TPSA) is 49.6 Å². The second kappa shape index (κ2) is 8.28. The number of carbonyl (C=O) groups is 1. The summed E-state index contributed by atoms with van der Waals surface area (Å²) in [6.07, 6.45) is 0.879. The summed E-state index contributed by atoms with van der Waals surface area (Å²) in [6, 6.07) is 27.8. The monoisotopic (exact) mass is 371 g/mol. The van der Waals surface area contributed by atoms with Crippen molar-refractivity contribution >= 4 is 23.0 Å². The van der Waals surface area contributed by atoms with Gasteiger partial charge in [0.25, 0.3) is 0 Å². The first kappa shape index (κ1) is 18.3. The van der Waals surface area contributed by atoms with Gasteiger partial charge in [-0.3, -0.25) is 14.6 Å². The molecular formula is C24H25N3O. The number of nitrogens with zero attached hydrogens (tertiary/aromatic N) is 2. The quantitative estimate of drug-likeness (QED) is 0.674. The van der Waals surface area contributed by atoms with Gasteiger partial charge in [-0.15, -0.1) is 0 Å². The zero-order chi connectivity index (χ0) is 19.3. The van der Waals surface area contributed by atoms with E-state index in [0.29, 0.717) is 5.69 Å². The van der Waals surface area contributed by atoms with Gasteiger partial charge in [-0.05, 0) is 54.9 Å². The Morgan fingerprint density at radius 2 is 1.50 bits per heavy atom. The van der Waals surface area contributed by atoms with Crippen molar-refractivity contribution in [3.63, 3.8) is 0 Å². The van der Waals surface area contributed by atoms with Gasteiger partial charge in [-0.25, -0.2) is 0 Å². The first-order valence-corrected chi connectivity index (χ1v) is 9.71. The standard InChI is InChI=1S/C24H25N3O/c25-21-11-13-23(14-12-21)27(22-9-5-2-6-10-22)24(28)20-15-16-26(18-20)17-19-7-3-1-4-8-19/h1-14,20H,15-18,25H2. The number of rotatable bonds is 5. The SMILES string of the molecule is Nc1ccc(N(C(=O)C2CCN(Cc3ccccc3)C2)c2ccccc2)cc1. The highest BCUT2D eigenvalue weighted by atomic mass is 16.2. The highest BCUT2D eigenvalue weighted by Crippen LogP contribution is 2.30. The average Bonchev–Trinajstić information content (AvgIpc) is 3.20. The zero-order valence-electron chi connectivity index (χ0n) is 15.9. The summed E-state index contributed by atoms with van der Waals surface area (Å²) in [4.78, 5) is 17.7. The van der Waals surface area contributed by atoms with Crippen LogP contribution < -0.4 is 10.6 Å². The number of amides is 1. The van der Waals surface area contributed by atoms with Crippen LogP contribution in [0.3, 0.4) is 0 Å². The Labute approximate surface area is 166 Å². The lowest BCUT2D eigenvalue weighted by molar-refractivity contribution is -0.121. The summed E-state index contributed by atoms with van der Waals surface area (Å²) < 4.78 is 0. The van der Waals surface area contributed by atoms with Crippen molar-refractivity contribution in [1.29, 1.82) is 0 Å². The lowest BCUT2D eigenvalue weighted by atomic mass is 10.1. The molecule has 1 aliphatic heterocycles. The summed E-state index contributed by atoms with van der Waals surface area (Å²) in [6.45, 7) is 2.61. The number of likely N-dealkylation sites (tertiary alicyclic amines) is 1. The van der Waals surface area contributed by atoms with Gasteiger partial charge >= 0.3 is 0 Å². The van der Waals surface area contributed by atoms with Crippen molar-refractivity contribution in [3.8, 4) is 0 Å². The van der Waals surface area contributed by atoms with E-state index in [1.54, 1.807) is 0 Å². The van der Waals surface area contributed by atoms with Crippen molar-refractivity contribution in [1.82, 2.24) is 4.90 Å². The molecule has 1 aliphatic rings. The Bertz CT molecular complexity index is 910. The number of nitrogen functional groups attached to an aromatic ring is 1. The molecule has 3 aromatic carbocycles. The third-order valence-electron chi connectivity index (χ3n) is 5.26. The first-order valence-electron chi connectivity index (χ1n) is 9.71. The maximum Gasteiger partial charge on any atom is 0.235 e. The minimum atomic E-state index is -0.0125. The zero-order valence-corrected chi connectivity index (χ0v) is 15.9. The molecule has 28 heavy (non-hydrogen) atoms. The summed E-state index contributed by atoms with van der Waals surface area (Å²) in [5, 5.41) is 0. The summed E-state index contributed by atoms with van der Waals surface area (Å²) in [5.74, 6) is 0.132. The lowest BCUT2D eigenvalue weighted by Gasteiger charge is -2.26. The summed E-state index contributed by atoms with van der Waals surface area (Å²) in [7, 11) is 0. The molecule has 0 aliphatic carbocycles. The van der Waals surface area contributed by atoms with Gasteiger partial charge in [0.2, 0.25) is 5.91 Å². The Morgan fingerprint density at radius 1 is 0.893 bits per heavy atom. The number of nitrogens with two attached hydrogens (primary N) is 1. The number of carbonyl (C=O) groups excluding carboxylic acids is 1. The Kier molecular flexibility index (Phi) is 5.40. The van der Waals surface area contributed by atoms with Crippen LogP contribution in [0.15, 0.2) is 84.9 Å². The molecule has 4 rings (SSSR count). The van der Waals surface area contributed by atoms with E-state index in [-0.39, 0.29) is 11.8 Å². The molecule has 1 heterocycles. The molecule has 142 valence electrons. The van der Waals surface area contributed by atoms with E-state index in [0.717, 1.165) is 37.4 Å². The van der Waals surface area contributed by atoms with Crippen LogP contribution in [-0.4, -0.2) is 23.9 Å². The predicted molar refractivity (Wildman–Crippen MR) is 114 cm³/mol. The van der Waals surface area contributed by atoms with Crippen LogP contribution in [0, 0.1) is 5.92 Å². The third kappa shape index (κ3) is 4.07. The molecule has 0 radical (unpaired) electrons. The van der Waals surface area contributed by atoms with Crippen LogP contribution in [-0.2, 0) is 11.3 Å². The fraction of sp³-hybridized carbons (Fsp3) is 0.208. The Balaban J connectivity index is 1.54. The van der Waals surface area contributed by atoms with Crippen molar-refractivity contribution in [2.45, 2.75) is 13.0 Å². The van der Waals surface area contributed by atoms with Crippen molar-refractivity contribution in [3.05, 3.63) is 90.5 Å². The highest BCUT2D eigenvalue weighted by molar-refractivity contribution is 6.02. The number of anilines is 3. The van der Waals surface area contributed by atoms with E-state index in [4.69, 9.17) is 5.73 Å². The Morgan fingerprint density at radius 3 is 2.18 bits per heavy atom. The van der Waals surface area contributed by atoms with Crippen LogP contribution in [0.4, 0.5) is 17.1 Å². The molecule has 4 nitrogen and oxygen atoms in total. The fourth-order valence-corrected chi connectivity index (χ4v) is 3.81. The predicted octanol–water partition coefficient (Wildman–Crippen LogP) is 4.46. The molecule has 1 amide bonds. The van der Waals surface area contributed by atoms with Gasteiger partial charge in [0.1, 0.15) is 0 Å². The van der Waals surface area contributed by atoms with Crippen molar-refractivity contribution in [2.75, 3.05) is 23.7 Å². The number of para-hydroxylation sites is 1. The first-order chi connectivity index (χ1) is 13.7. The molecule has 0 saturated carbocycles. The minimum absolute atomic E-state index is 0.0125.